The number of carbonyl (C=O) groups is 1. The number of nitrogens with zero attached hydrogens (tertiary/aromatic N) is 1. The van der Waals surface area contributed by atoms with Crippen LogP contribution in [0.1, 0.15) is 12.5 Å². The van der Waals surface area contributed by atoms with Crippen LogP contribution in [-0.2, 0) is 4.79 Å². The summed E-state index contributed by atoms with van der Waals surface area (Å²) >= 11 is 3.40. The largest absolute Gasteiger partial charge is 0.497 e. The van der Waals surface area contributed by atoms with Gasteiger partial charge in [-0.25, -0.2) is 5.43 Å². The fraction of sp³-hybridized carbons (Fsp3) is 0.222. The van der Waals surface area contributed by atoms with Crippen molar-refractivity contribution in [2.45, 2.75) is 6.92 Å². The summed E-state index contributed by atoms with van der Waals surface area (Å²) in [5.74, 6) is 1.63. The molecule has 0 aromatic heterocycles. The third-order valence-electron chi connectivity index (χ3n) is 3.09. The Morgan fingerprint density at radius 3 is 2.56 bits per heavy atom. The highest BCUT2D eigenvalue weighted by atomic mass is 79.9. The molecule has 0 radical (unpaired) electrons. The second kappa shape index (κ2) is 9.68. The molecule has 2 aromatic carbocycles. The zero-order valence-corrected chi connectivity index (χ0v) is 15.6. The first-order valence-corrected chi connectivity index (χ1v) is 8.42. The van der Waals surface area contributed by atoms with Gasteiger partial charge >= 0.3 is 0 Å². The topological polar surface area (TPSA) is 69.2 Å². The molecule has 6 nitrogen and oxygen atoms in total. The van der Waals surface area contributed by atoms with Crippen molar-refractivity contribution in [3.63, 3.8) is 0 Å². The normalized spacial score (nSPS) is 10.5. The molecule has 0 aliphatic heterocycles. The van der Waals surface area contributed by atoms with Crippen LogP contribution in [0.3, 0.4) is 0 Å². The molecule has 0 unspecified atom stereocenters. The van der Waals surface area contributed by atoms with E-state index in [1.807, 2.05) is 25.1 Å². The second-order valence-corrected chi connectivity index (χ2v) is 5.79. The van der Waals surface area contributed by atoms with Gasteiger partial charge in [-0.15, -0.1) is 0 Å². The van der Waals surface area contributed by atoms with Crippen molar-refractivity contribution < 1.29 is 19.0 Å². The minimum atomic E-state index is -0.361. The second-order valence-electron chi connectivity index (χ2n) is 4.87. The van der Waals surface area contributed by atoms with E-state index in [1.165, 1.54) is 6.21 Å². The van der Waals surface area contributed by atoms with Crippen LogP contribution in [0.25, 0.3) is 0 Å². The summed E-state index contributed by atoms with van der Waals surface area (Å²) in [7, 11) is 1.59. The van der Waals surface area contributed by atoms with Gasteiger partial charge in [-0.05, 0) is 49.4 Å². The minimum Gasteiger partial charge on any atom is -0.497 e. The molecule has 0 spiro atoms. The van der Waals surface area contributed by atoms with Gasteiger partial charge in [-0.3, -0.25) is 4.79 Å². The lowest BCUT2D eigenvalue weighted by Crippen LogP contribution is -2.24. The van der Waals surface area contributed by atoms with E-state index in [2.05, 4.69) is 26.5 Å². The van der Waals surface area contributed by atoms with E-state index < -0.39 is 0 Å². The van der Waals surface area contributed by atoms with E-state index in [-0.39, 0.29) is 12.5 Å². The van der Waals surface area contributed by atoms with Crippen molar-refractivity contribution in [3.05, 3.63) is 52.5 Å². The van der Waals surface area contributed by atoms with Gasteiger partial charge in [0.2, 0.25) is 0 Å². The van der Waals surface area contributed by atoms with Crippen molar-refractivity contribution in [2.75, 3.05) is 20.3 Å². The summed E-state index contributed by atoms with van der Waals surface area (Å²) in [6.45, 7) is 2.31. The van der Waals surface area contributed by atoms with Crippen molar-refractivity contribution in [1.29, 1.82) is 0 Å². The predicted molar refractivity (Wildman–Crippen MR) is 99.5 cm³/mol. The van der Waals surface area contributed by atoms with Crippen LogP contribution in [0, 0.1) is 0 Å². The highest BCUT2D eigenvalue weighted by molar-refractivity contribution is 9.10. The predicted octanol–water partition coefficient (Wildman–Crippen LogP) is 3.39. The molecule has 132 valence electrons. The first-order valence-electron chi connectivity index (χ1n) is 7.63. The number of hydrogen-bond acceptors (Lipinski definition) is 5. The molecule has 0 aliphatic carbocycles. The average molecular weight is 407 g/mol. The van der Waals surface area contributed by atoms with Crippen LogP contribution in [-0.4, -0.2) is 32.4 Å². The molecule has 1 N–H and O–H groups in total. The maximum atomic E-state index is 11.8. The summed E-state index contributed by atoms with van der Waals surface area (Å²) in [5.41, 5.74) is 3.18. The quantitative estimate of drug-likeness (QED) is 0.538. The molecule has 0 atom stereocenters. The fourth-order valence-corrected chi connectivity index (χ4v) is 2.31. The number of hydrogen-bond donors (Lipinski definition) is 1. The number of hydrazone groups is 1. The highest BCUT2D eigenvalue weighted by Crippen LogP contribution is 2.21. The molecular formula is C18H19BrN2O4. The van der Waals surface area contributed by atoms with Gasteiger partial charge in [0.05, 0.1) is 19.9 Å². The lowest BCUT2D eigenvalue weighted by molar-refractivity contribution is -0.123. The number of methoxy groups -OCH3 is 1. The standard InChI is InChI=1S/C18H19BrN2O4/c1-3-24-17-9-4-14(19)10-13(17)11-20-21-18(22)12-25-16-7-5-15(23-2)6-8-16/h4-11H,3,12H2,1-2H3,(H,21,22). The monoisotopic (exact) mass is 406 g/mol. The summed E-state index contributed by atoms with van der Waals surface area (Å²) in [4.78, 5) is 11.8. The Kier molecular flexibility index (Phi) is 7.28. The average Bonchev–Trinajstić information content (AvgIpc) is 2.62. The maximum absolute atomic E-state index is 11.8. The first-order chi connectivity index (χ1) is 12.1. The van der Waals surface area contributed by atoms with Gasteiger partial charge in [0.15, 0.2) is 6.61 Å². The van der Waals surface area contributed by atoms with Crippen LogP contribution >= 0.6 is 15.9 Å². The summed E-state index contributed by atoms with van der Waals surface area (Å²) < 4.78 is 16.8. The van der Waals surface area contributed by atoms with Crippen molar-refractivity contribution in [2.24, 2.45) is 5.10 Å². The van der Waals surface area contributed by atoms with Gasteiger partial charge in [0, 0.05) is 10.0 Å². The fourth-order valence-electron chi connectivity index (χ4n) is 1.93. The Morgan fingerprint density at radius 2 is 1.88 bits per heavy atom. The lowest BCUT2D eigenvalue weighted by Gasteiger charge is -2.07. The first kappa shape index (κ1) is 18.8. The van der Waals surface area contributed by atoms with E-state index in [4.69, 9.17) is 14.2 Å². The van der Waals surface area contributed by atoms with Crippen molar-refractivity contribution in [1.82, 2.24) is 5.43 Å². The minimum absolute atomic E-state index is 0.138. The molecule has 7 heteroatoms. The van der Waals surface area contributed by atoms with Crippen LogP contribution in [0.4, 0.5) is 0 Å². The SMILES string of the molecule is CCOc1ccc(Br)cc1C=NNC(=O)COc1ccc(OC)cc1. The van der Waals surface area contributed by atoms with E-state index in [1.54, 1.807) is 31.4 Å². The number of rotatable bonds is 8. The Labute approximate surface area is 154 Å². The van der Waals surface area contributed by atoms with E-state index in [9.17, 15) is 4.79 Å². The zero-order valence-electron chi connectivity index (χ0n) is 14.0. The van der Waals surface area contributed by atoms with Crippen molar-refractivity contribution in [3.8, 4) is 17.2 Å². The smallest absolute Gasteiger partial charge is 0.277 e. The van der Waals surface area contributed by atoms with Gasteiger partial charge < -0.3 is 14.2 Å². The summed E-state index contributed by atoms with van der Waals surface area (Å²) in [6.07, 6.45) is 1.53. The summed E-state index contributed by atoms with van der Waals surface area (Å²) in [5, 5.41) is 3.94. The molecule has 0 saturated heterocycles. The molecule has 0 bridgehead atoms. The Bertz CT molecular complexity index is 732. The molecular weight excluding hydrogens is 388 g/mol. The van der Waals surface area contributed by atoms with Gasteiger partial charge in [0.25, 0.3) is 5.91 Å². The number of ether oxygens (including phenoxy) is 3. The lowest BCUT2D eigenvalue weighted by atomic mass is 10.2. The van der Waals surface area contributed by atoms with Crippen LogP contribution in [0.5, 0.6) is 17.2 Å². The van der Waals surface area contributed by atoms with E-state index >= 15 is 0 Å². The molecule has 1 amide bonds. The summed E-state index contributed by atoms with van der Waals surface area (Å²) in [6, 6.07) is 12.5. The number of nitrogens with one attached hydrogen (secondary N) is 1. The van der Waals surface area contributed by atoms with E-state index in [0.29, 0.717) is 18.1 Å². The Morgan fingerprint density at radius 1 is 1.16 bits per heavy atom. The molecule has 0 saturated carbocycles. The van der Waals surface area contributed by atoms with Crippen molar-refractivity contribution >= 4 is 28.1 Å². The molecule has 2 aromatic rings. The molecule has 0 fully saturated rings. The van der Waals surface area contributed by atoms with E-state index in [0.717, 1.165) is 15.8 Å². The zero-order chi connectivity index (χ0) is 18.1. The molecule has 0 heterocycles. The van der Waals surface area contributed by atoms with Crippen LogP contribution in [0.15, 0.2) is 52.0 Å². The van der Waals surface area contributed by atoms with Crippen LogP contribution < -0.4 is 19.6 Å². The van der Waals surface area contributed by atoms with Gasteiger partial charge in [-0.1, -0.05) is 15.9 Å². The highest BCUT2D eigenvalue weighted by Gasteiger charge is 2.04. The molecule has 2 rings (SSSR count). The number of amides is 1. The number of halogens is 1. The van der Waals surface area contributed by atoms with Gasteiger partial charge in [0.1, 0.15) is 17.2 Å². The van der Waals surface area contributed by atoms with Gasteiger partial charge in [-0.2, -0.15) is 5.10 Å². The molecule has 25 heavy (non-hydrogen) atoms. The Hall–Kier alpha value is -2.54. The molecule has 0 aliphatic rings. The maximum Gasteiger partial charge on any atom is 0.277 e. The van der Waals surface area contributed by atoms with Crippen LogP contribution in [0.2, 0.25) is 0 Å². The number of benzene rings is 2. The third-order valence-corrected chi connectivity index (χ3v) is 3.59. The third kappa shape index (κ3) is 6.11. The number of carbonyl (C=O) groups excluding carboxylic acids is 1. The Balaban J connectivity index is 1.86.